The minimum absolute atomic E-state index is 0.116. The number of likely N-dealkylation sites (N-methyl/N-ethyl adjacent to an activating group) is 1. The highest BCUT2D eigenvalue weighted by Crippen LogP contribution is 2.25. The SMILES string of the molecule is CN1CC(Cc2cccc(F)c2)CC(NC2CC2)C1. The number of hydrogen-bond donors (Lipinski definition) is 1. The zero-order chi connectivity index (χ0) is 13.2. The van der Waals surface area contributed by atoms with Crippen molar-refractivity contribution >= 4 is 0 Å². The van der Waals surface area contributed by atoms with Crippen molar-refractivity contribution in [1.82, 2.24) is 10.2 Å². The third kappa shape index (κ3) is 3.77. The third-order valence-electron chi connectivity index (χ3n) is 4.18. The first-order chi connectivity index (χ1) is 9.19. The summed E-state index contributed by atoms with van der Waals surface area (Å²) in [6.07, 6.45) is 4.89. The molecule has 1 aromatic rings. The Morgan fingerprint density at radius 3 is 2.84 bits per heavy atom. The molecule has 0 amide bonds. The monoisotopic (exact) mass is 262 g/mol. The second-order valence-electron chi connectivity index (χ2n) is 6.29. The lowest BCUT2D eigenvalue weighted by Gasteiger charge is -2.36. The zero-order valence-electron chi connectivity index (χ0n) is 11.6. The highest BCUT2D eigenvalue weighted by Gasteiger charge is 2.30. The fourth-order valence-electron chi connectivity index (χ4n) is 3.29. The smallest absolute Gasteiger partial charge is 0.123 e. The molecule has 0 spiro atoms. The van der Waals surface area contributed by atoms with Crippen molar-refractivity contribution in [2.75, 3.05) is 20.1 Å². The Hall–Kier alpha value is -0.930. The van der Waals surface area contributed by atoms with Crippen molar-refractivity contribution in [3.63, 3.8) is 0 Å². The van der Waals surface area contributed by atoms with E-state index in [9.17, 15) is 4.39 Å². The molecule has 1 saturated heterocycles. The summed E-state index contributed by atoms with van der Waals surface area (Å²) in [5, 5.41) is 3.73. The van der Waals surface area contributed by atoms with Crippen LogP contribution in [-0.4, -0.2) is 37.1 Å². The van der Waals surface area contributed by atoms with Crippen LogP contribution < -0.4 is 5.32 Å². The number of likely N-dealkylation sites (tertiary alicyclic amines) is 1. The average Bonchev–Trinajstić information content (AvgIpc) is 3.12. The fraction of sp³-hybridized carbons (Fsp3) is 0.625. The topological polar surface area (TPSA) is 15.3 Å². The van der Waals surface area contributed by atoms with Gasteiger partial charge in [-0.25, -0.2) is 4.39 Å². The van der Waals surface area contributed by atoms with Crippen LogP contribution >= 0.6 is 0 Å². The van der Waals surface area contributed by atoms with Crippen LogP contribution in [0.15, 0.2) is 24.3 Å². The molecule has 1 aliphatic carbocycles. The van der Waals surface area contributed by atoms with Gasteiger partial charge in [0.15, 0.2) is 0 Å². The lowest BCUT2D eigenvalue weighted by atomic mass is 9.89. The first kappa shape index (κ1) is 13.1. The maximum Gasteiger partial charge on any atom is 0.123 e. The van der Waals surface area contributed by atoms with E-state index >= 15 is 0 Å². The van der Waals surface area contributed by atoms with E-state index in [2.05, 4.69) is 17.3 Å². The van der Waals surface area contributed by atoms with Gasteiger partial charge >= 0.3 is 0 Å². The predicted molar refractivity (Wildman–Crippen MR) is 75.7 cm³/mol. The molecule has 0 bridgehead atoms. The molecule has 1 N–H and O–H groups in total. The molecule has 2 nitrogen and oxygen atoms in total. The van der Waals surface area contributed by atoms with Crippen molar-refractivity contribution < 1.29 is 4.39 Å². The molecule has 3 heteroatoms. The van der Waals surface area contributed by atoms with E-state index in [-0.39, 0.29) is 5.82 Å². The first-order valence-electron chi connectivity index (χ1n) is 7.38. The number of hydrogen-bond acceptors (Lipinski definition) is 2. The number of piperidine rings is 1. The second-order valence-corrected chi connectivity index (χ2v) is 6.29. The molecule has 104 valence electrons. The van der Waals surface area contributed by atoms with Crippen LogP contribution in [0.5, 0.6) is 0 Å². The van der Waals surface area contributed by atoms with Gasteiger partial charge in [-0.2, -0.15) is 0 Å². The average molecular weight is 262 g/mol. The maximum atomic E-state index is 13.2. The summed E-state index contributed by atoms with van der Waals surface area (Å²) in [6.45, 7) is 2.27. The standard InChI is InChI=1S/C16H23FN2/c1-19-10-13(7-12-3-2-4-14(17)8-12)9-16(11-19)18-15-5-6-15/h2-4,8,13,15-16,18H,5-7,9-11H2,1H3. The normalized spacial score (nSPS) is 28.5. The van der Waals surface area contributed by atoms with Crippen molar-refractivity contribution in [3.05, 3.63) is 35.6 Å². The summed E-state index contributed by atoms with van der Waals surface area (Å²) in [6, 6.07) is 8.44. The van der Waals surface area contributed by atoms with Gasteiger partial charge in [-0.3, -0.25) is 0 Å². The Morgan fingerprint density at radius 2 is 2.11 bits per heavy atom. The summed E-state index contributed by atoms with van der Waals surface area (Å²) >= 11 is 0. The van der Waals surface area contributed by atoms with Gasteiger partial charge in [0.1, 0.15) is 5.82 Å². The quantitative estimate of drug-likeness (QED) is 0.896. The predicted octanol–water partition coefficient (Wildman–Crippen LogP) is 2.44. The van der Waals surface area contributed by atoms with E-state index in [0.29, 0.717) is 12.0 Å². The van der Waals surface area contributed by atoms with E-state index in [1.54, 1.807) is 6.07 Å². The summed E-state index contributed by atoms with van der Waals surface area (Å²) in [5.74, 6) is 0.520. The molecule has 2 aliphatic rings. The largest absolute Gasteiger partial charge is 0.310 e. The van der Waals surface area contributed by atoms with Crippen molar-refractivity contribution in [1.29, 1.82) is 0 Å². The van der Waals surface area contributed by atoms with Crippen LogP contribution in [0, 0.1) is 11.7 Å². The second kappa shape index (κ2) is 5.59. The number of halogens is 1. The van der Waals surface area contributed by atoms with Gasteiger partial charge in [0.2, 0.25) is 0 Å². The highest BCUT2D eigenvalue weighted by atomic mass is 19.1. The van der Waals surface area contributed by atoms with E-state index in [1.165, 1.54) is 25.3 Å². The van der Waals surface area contributed by atoms with Crippen LogP contribution in [-0.2, 0) is 6.42 Å². The third-order valence-corrected chi connectivity index (χ3v) is 4.18. The first-order valence-corrected chi connectivity index (χ1v) is 7.38. The van der Waals surface area contributed by atoms with Crippen molar-refractivity contribution in [2.24, 2.45) is 5.92 Å². The minimum Gasteiger partial charge on any atom is -0.310 e. The minimum atomic E-state index is -0.116. The molecule has 2 fully saturated rings. The molecular formula is C16H23FN2. The number of rotatable bonds is 4. The Morgan fingerprint density at radius 1 is 1.26 bits per heavy atom. The van der Waals surface area contributed by atoms with Crippen LogP contribution in [0.1, 0.15) is 24.8 Å². The number of nitrogens with zero attached hydrogens (tertiary/aromatic N) is 1. The molecule has 3 rings (SSSR count). The lowest BCUT2D eigenvalue weighted by molar-refractivity contribution is 0.168. The molecule has 0 radical (unpaired) electrons. The van der Waals surface area contributed by atoms with Crippen LogP contribution in [0.4, 0.5) is 4.39 Å². The Balaban J connectivity index is 1.59. The van der Waals surface area contributed by atoms with Gasteiger partial charge in [0.25, 0.3) is 0 Å². The molecular weight excluding hydrogens is 239 g/mol. The van der Waals surface area contributed by atoms with Gasteiger partial charge in [-0.15, -0.1) is 0 Å². The number of nitrogens with one attached hydrogen (secondary N) is 1. The molecule has 1 heterocycles. The molecule has 1 aliphatic heterocycles. The number of benzene rings is 1. The molecule has 0 aromatic heterocycles. The molecule has 2 unspecified atom stereocenters. The zero-order valence-corrected chi connectivity index (χ0v) is 11.6. The molecule has 2 atom stereocenters. The Labute approximate surface area is 115 Å². The summed E-state index contributed by atoms with van der Waals surface area (Å²) in [5.41, 5.74) is 1.13. The summed E-state index contributed by atoms with van der Waals surface area (Å²) < 4.78 is 13.2. The van der Waals surface area contributed by atoms with Crippen LogP contribution in [0.3, 0.4) is 0 Å². The highest BCUT2D eigenvalue weighted by molar-refractivity contribution is 5.17. The van der Waals surface area contributed by atoms with Gasteiger partial charge in [-0.05, 0) is 56.3 Å². The van der Waals surface area contributed by atoms with E-state index in [1.807, 2.05) is 12.1 Å². The maximum absolute atomic E-state index is 13.2. The van der Waals surface area contributed by atoms with Crippen molar-refractivity contribution in [3.8, 4) is 0 Å². The Bertz CT molecular complexity index is 429. The van der Waals surface area contributed by atoms with Crippen molar-refractivity contribution in [2.45, 2.75) is 37.8 Å². The molecule has 1 saturated carbocycles. The lowest BCUT2D eigenvalue weighted by Crippen LogP contribution is -2.48. The Kier molecular flexibility index (Phi) is 3.85. The summed E-state index contributed by atoms with van der Waals surface area (Å²) in [4.78, 5) is 2.41. The fourth-order valence-corrected chi connectivity index (χ4v) is 3.29. The van der Waals surface area contributed by atoms with Gasteiger partial charge in [-0.1, -0.05) is 12.1 Å². The van der Waals surface area contributed by atoms with Gasteiger partial charge in [0.05, 0.1) is 0 Å². The molecule has 19 heavy (non-hydrogen) atoms. The van der Waals surface area contributed by atoms with Gasteiger partial charge < -0.3 is 10.2 Å². The van der Waals surface area contributed by atoms with Crippen LogP contribution in [0.25, 0.3) is 0 Å². The van der Waals surface area contributed by atoms with Gasteiger partial charge in [0, 0.05) is 25.2 Å². The van der Waals surface area contributed by atoms with Crippen LogP contribution in [0.2, 0.25) is 0 Å². The van der Waals surface area contributed by atoms with E-state index in [4.69, 9.17) is 0 Å². The van der Waals surface area contributed by atoms with E-state index < -0.39 is 0 Å². The van der Waals surface area contributed by atoms with E-state index in [0.717, 1.165) is 31.1 Å². The molecule has 1 aromatic carbocycles. The summed E-state index contributed by atoms with van der Waals surface area (Å²) in [7, 11) is 2.19.